The minimum Gasteiger partial charge on any atom is -0.370 e. The minimum absolute atomic E-state index is 0.0288. The summed E-state index contributed by atoms with van der Waals surface area (Å²) in [6.07, 6.45) is 0. The Hall–Kier alpha value is -2.54. The summed E-state index contributed by atoms with van der Waals surface area (Å²) >= 11 is 1.46. The van der Waals surface area contributed by atoms with Crippen LogP contribution in [0.15, 0.2) is 63.4 Å². The van der Waals surface area contributed by atoms with Gasteiger partial charge in [-0.3, -0.25) is 0 Å². The highest BCUT2D eigenvalue weighted by molar-refractivity contribution is 7.98. The van der Waals surface area contributed by atoms with Crippen LogP contribution in [0.1, 0.15) is 5.56 Å². The molecular formula is C15H16FN5S. The molecular weight excluding hydrogens is 301 g/mol. The van der Waals surface area contributed by atoms with Crippen LogP contribution >= 0.6 is 11.8 Å². The number of para-hydroxylation sites is 1. The number of thioether (sulfide) groups is 1. The first-order chi connectivity index (χ1) is 10.6. The Morgan fingerprint density at radius 1 is 1.00 bits per heavy atom. The van der Waals surface area contributed by atoms with Gasteiger partial charge in [-0.25, -0.2) is 9.38 Å². The van der Waals surface area contributed by atoms with Crippen molar-refractivity contribution in [2.75, 3.05) is 0 Å². The van der Waals surface area contributed by atoms with Crippen molar-refractivity contribution < 1.29 is 4.39 Å². The van der Waals surface area contributed by atoms with Crippen molar-refractivity contribution in [1.29, 1.82) is 0 Å². The van der Waals surface area contributed by atoms with E-state index in [0.717, 1.165) is 4.90 Å². The van der Waals surface area contributed by atoms with Gasteiger partial charge in [-0.2, -0.15) is 4.99 Å². The van der Waals surface area contributed by atoms with Crippen molar-refractivity contribution in [1.82, 2.24) is 0 Å². The van der Waals surface area contributed by atoms with E-state index in [1.54, 1.807) is 24.3 Å². The first-order valence-electron chi connectivity index (χ1n) is 6.45. The van der Waals surface area contributed by atoms with Crippen molar-refractivity contribution in [3.8, 4) is 0 Å². The van der Waals surface area contributed by atoms with Crippen molar-refractivity contribution in [2.24, 2.45) is 27.2 Å². The molecule has 0 saturated carbocycles. The minimum atomic E-state index is -0.226. The van der Waals surface area contributed by atoms with E-state index in [-0.39, 0.29) is 17.7 Å². The number of guanidine groups is 2. The molecule has 0 aliphatic carbocycles. The lowest BCUT2D eigenvalue weighted by Gasteiger charge is -2.06. The SMILES string of the molecule is NC(N)=NC(N)=Nc1ccccc1SCc1ccccc1F. The molecule has 2 rings (SSSR count). The van der Waals surface area contributed by atoms with E-state index in [1.807, 2.05) is 18.2 Å². The fraction of sp³-hybridized carbons (Fsp3) is 0.0667. The van der Waals surface area contributed by atoms with Crippen LogP contribution in [-0.2, 0) is 5.75 Å². The normalized spacial score (nSPS) is 11.2. The van der Waals surface area contributed by atoms with Gasteiger partial charge >= 0.3 is 0 Å². The average Bonchev–Trinajstić information content (AvgIpc) is 2.47. The number of nitrogens with zero attached hydrogens (tertiary/aromatic N) is 2. The Bertz CT molecular complexity index is 711. The van der Waals surface area contributed by atoms with Gasteiger partial charge in [0.1, 0.15) is 5.82 Å². The van der Waals surface area contributed by atoms with Gasteiger partial charge in [-0.1, -0.05) is 30.3 Å². The van der Waals surface area contributed by atoms with Gasteiger partial charge in [-0.05, 0) is 23.8 Å². The molecule has 0 heterocycles. The number of hydrogen-bond acceptors (Lipinski definition) is 2. The van der Waals surface area contributed by atoms with Crippen LogP contribution in [0.25, 0.3) is 0 Å². The van der Waals surface area contributed by atoms with E-state index in [4.69, 9.17) is 17.2 Å². The average molecular weight is 317 g/mol. The molecule has 0 amide bonds. The van der Waals surface area contributed by atoms with E-state index in [2.05, 4.69) is 9.98 Å². The Kier molecular flexibility index (Phi) is 5.37. The zero-order valence-corrected chi connectivity index (χ0v) is 12.6. The molecule has 114 valence electrons. The zero-order chi connectivity index (χ0) is 15.9. The summed E-state index contributed by atoms with van der Waals surface area (Å²) in [6.45, 7) is 0. The number of rotatable bonds is 4. The molecule has 0 bridgehead atoms. The summed E-state index contributed by atoms with van der Waals surface area (Å²) in [5, 5.41) is 0. The molecule has 7 heteroatoms. The number of nitrogens with two attached hydrogens (primary N) is 3. The first kappa shape index (κ1) is 15.8. The van der Waals surface area contributed by atoms with Crippen LogP contribution in [0, 0.1) is 5.82 Å². The summed E-state index contributed by atoms with van der Waals surface area (Å²) in [4.78, 5) is 8.70. The molecule has 5 nitrogen and oxygen atoms in total. The maximum Gasteiger partial charge on any atom is 0.223 e. The molecule has 2 aromatic rings. The third kappa shape index (κ3) is 4.49. The van der Waals surface area contributed by atoms with Crippen molar-refractivity contribution in [2.45, 2.75) is 10.6 Å². The van der Waals surface area contributed by atoms with Crippen LogP contribution in [0.4, 0.5) is 10.1 Å². The second-order valence-electron chi connectivity index (χ2n) is 4.35. The molecule has 0 spiro atoms. The van der Waals surface area contributed by atoms with Crippen LogP contribution in [-0.4, -0.2) is 11.9 Å². The highest BCUT2D eigenvalue weighted by Crippen LogP contribution is 2.32. The molecule has 0 fully saturated rings. The molecule has 6 N–H and O–H groups in total. The van der Waals surface area contributed by atoms with E-state index in [0.29, 0.717) is 17.0 Å². The smallest absolute Gasteiger partial charge is 0.223 e. The summed E-state index contributed by atoms with van der Waals surface area (Å²) in [6, 6.07) is 14.0. The maximum atomic E-state index is 13.6. The topological polar surface area (TPSA) is 103 Å². The van der Waals surface area contributed by atoms with E-state index >= 15 is 0 Å². The van der Waals surface area contributed by atoms with Crippen LogP contribution in [0.2, 0.25) is 0 Å². The summed E-state index contributed by atoms with van der Waals surface area (Å²) < 4.78 is 13.6. The summed E-state index contributed by atoms with van der Waals surface area (Å²) in [7, 11) is 0. The predicted octanol–water partition coefficient (Wildman–Crippen LogP) is 2.34. The Morgan fingerprint density at radius 3 is 2.41 bits per heavy atom. The Labute approximate surface area is 132 Å². The number of aliphatic imine (C=N–C) groups is 2. The highest BCUT2D eigenvalue weighted by Gasteiger charge is 2.05. The largest absolute Gasteiger partial charge is 0.370 e. The summed E-state index contributed by atoms with van der Waals surface area (Å²) in [5.74, 6) is 0.0780. The quantitative estimate of drug-likeness (QED) is 0.457. The van der Waals surface area contributed by atoms with E-state index in [1.165, 1.54) is 17.8 Å². The van der Waals surface area contributed by atoms with Crippen molar-refractivity contribution in [3.05, 3.63) is 59.9 Å². The molecule has 0 saturated heterocycles. The number of benzene rings is 2. The molecule has 0 unspecified atom stereocenters. The molecule has 0 aliphatic heterocycles. The third-order valence-corrected chi connectivity index (χ3v) is 3.80. The molecule has 0 aliphatic rings. The zero-order valence-electron chi connectivity index (χ0n) is 11.7. The van der Waals surface area contributed by atoms with Gasteiger partial charge in [0.05, 0.1) is 5.69 Å². The lowest BCUT2D eigenvalue weighted by atomic mass is 10.2. The fourth-order valence-corrected chi connectivity index (χ4v) is 2.70. The van der Waals surface area contributed by atoms with Crippen molar-refractivity contribution >= 4 is 29.4 Å². The van der Waals surface area contributed by atoms with Crippen LogP contribution in [0.3, 0.4) is 0 Å². The highest BCUT2D eigenvalue weighted by atomic mass is 32.2. The third-order valence-electron chi connectivity index (χ3n) is 2.68. The molecule has 22 heavy (non-hydrogen) atoms. The van der Waals surface area contributed by atoms with E-state index < -0.39 is 0 Å². The second-order valence-corrected chi connectivity index (χ2v) is 5.37. The first-order valence-corrected chi connectivity index (χ1v) is 7.44. The van der Waals surface area contributed by atoms with Crippen LogP contribution < -0.4 is 17.2 Å². The van der Waals surface area contributed by atoms with Gasteiger partial charge in [0, 0.05) is 10.6 Å². The second kappa shape index (κ2) is 7.46. The van der Waals surface area contributed by atoms with E-state index in [9.17, 15) is 4.39 Å². The van der Waals surface area contributed by atoms with Gasteiger partial charge in [0.25, 0.3) is 0 Å². The molecule has 0 aromatic heterocycles. The molecule has 0 radical (unpaired) electrons. The Morgan fingerprint density at radius 2 is 1.68 bits per heavy atom. The van der Waals surface area contributed by atoms with Gasteiger partial charge in [0.2, 0.25) is 5.96 Å². The number of hydrogen-bond donors (Lipinski definition) is 3. The predicted molar refractivity (Wildman–Crippen MR) is 89.5 cm³/mol. The molecule has 2 aromatic carbocycles. The number of halogens is 1. The monoisotopic (exact) mass is 317 g/mol. The summed E-state index contributed by atoms with van der Waals surface area (Å²) in [5.41, 5.74) is 17.4. The van der Waals surface area contributed by atoms with Crippen molar-refractivity contribution in [3.63, 3.8) is 0 Å². The Balaban J connectivity index is 2.19. The van der Waals surface area contributed by atoms with Gasteiger partial charge in [0.15, 0.2) is 5.96 Å². The standard InChI is InChI=1S/C15H16FN5S/c16-11-6-2-1-5-10(11)9-22-13-8-4-3-7-12(13)20-15(19)21-14(17)18/h1-8H,9H2,(H6,17,18,19,20,21). The maximum absolute atomic E-state index is 13.6. The van der Waals surface area contributed by atoms with Gasteiger partial charge in [-0.15, -0.1) is 11.8 Å². The van der Waals surface area contributed by atoms with Gasteiger partial charge < -0.3 is 17.2 Å². The van der Waals surface area contributed by atoms with Crippen LogP contribution in [0.5, 0.6) is 0 Å². The lowest BCUT2D eigenvalue weighted by molar-refractivity contribution is 0.617. The molecule has 0 atom stereocenters. The fourth-order valence-electron chi connectivity index (χ4n) is 1.72. The lowest BCUT2D eigenvalue weighted by Crippen LogP contribution is -2.26.